The standard InChI is InChI=1S/C22H18ClN3O3/c23-17-7-3-5-15(13-17)10-11-20(27)24-18-8-2-1-6-16(18)14-21-25-22(26-29-21)19-9-4-12-28-19/h1-9,12-13H,10-11,14H2,(H,24,27). The summed E-state index contributed by atoms with van der Waals surface area (Å²) in [5, 5.41) is 7.58. The molecule has 0 unspecified atom stereocenters. The van der Waals surface area contributed by atoms with Crippen LogP contribution in [0.5, 0.6) is 0 Å². The van der Waals surface area contributed by atoms with Gasteiger partial charge in [0.1, 0.15) is 0 Å². The lowest BCUT2D eigenvalue weighted by molar-refractivity contribution is -0.116. The Bertz CT molecular complexity index is 1110. The van der Waals surface area contributed by atoms with Crippen molar-refractivity contribution < 1.29 is 13.7 Å². The minimum atomic E-state index is -0.0702. The highest BCUT2D eigenvalue weighted by Crippen LogP contribution is 2.21. The van der Waals surface area contributed by atoms with E-state index in [2.05, 4.69) is 15.5 Å². The van der Waals surface area contributed by atoms with Gasteiger partial charge in [0.25, 0.3) is 0 Å². The molecule has 2 heterocycles. The first kappa shape index (κ1) is 19.0. The molecule has 0 atom stereocenters. The summed E-state index contributed by atoms with van der Waals surface area (Å²) in [5.74, 6) is 1.31. The summed E-state index contributed by atoms with van der Waals surface area (Å²) >= 11 is 6.00. The Labute approximate surface area is 172 Å². The topological polar surface area (TPSA) is 81.2 Å². The summed E-state index contributed by atoms with van der Waals surface area (Å²) in [5.41, 5.74) is 2.64. The summed E-state index contributed by atoms with van der Waals surface area (Å²) < 4.78 is 10.6. The van der Waals surface area contributed by atoms with Crippen molar-refractivity contribution in [2.75, 3.05) is 5.32 Å². The van der Waals surface area contributed by atoms with Crippen molar-refractivity contribution in [1.82, 2.24) is 10.1 Å². The number of rotatable bonds is 7. The predicted molar refractivity (Wildman–Crippen MR) is 110 cm³/mol. The van der Waals surface area contributed by atoms with Gasteiger partial charge in [0, 0.05) is 17.1 Å². The second kappa shape index (κ2) is 8.75. The van der Waals surface area contributed by atoms with Crippen molar-refractivity contribution in [3.8, 4) is 11.6 Å². The third-order valence-electron chi connectivity index (χ3n) is 4.37. The molecule has 0 bridgehead atoms. The minimum absolute atomic E-state index is 0.0702. The minimum Gasteiger partial charge on any atom is -0.461 e. The lowest BCUT2D eigenvalue weighted by Gasteiger charge is -2.10. The van der Waals surface area contributed by atoms with E-state index >= 15 is 0 Å². The van der Waals surface area contributed by atoms with Crippen molar-refractivity contribution in [1.29, 1.82) is 0 Å². The molecule has 2 aromatic carbocycles. The van der Waals surface area contributed by atoms with Gasteiger partial charge in [-0.05, 0) is 47.9 Å². The molecule has 4 aromatic rings. The van der Waals surface area contributed by atoms with Crippen molar-refractivity contribution >= 4 is 23.2 Å². The number of amides is 1. The Hall–Kier alpha value is -3.38. The van der Waals surface area contributed by atoms with E-state index in [1.54, 1.807) is 18.4 Å². The summed E-state index contributed by atoms with van der Waals surface area (Å²) in [6.07, 6.45) is 2.93. The normalized spacial score (nSPS) is 10.8. The number of hydrogen-bond acceptors (Lipinski definition) is 5. The fourth-order valence-electron chi connectivity index (χ4n) is 2.95. The van der Waals surface area contributed by atoms with E-state index in [4.69, 9.17) is 20.5 Å². The van der Waals surface area contributed by atoms with Gasteiger partial charge >= 0.3 is 0 Å². The maximum atomic E-state index is 12.4. The molecule has 2 aromatic heterocycles. The zero-order valence-corrected chi connectivity index (χ0v) is 16.2. The molecule has 0 aliphatic rings. The molecule has 0 radical (unpaired) electrons. The van der Waals surface area contributed by atoms with Crippen LogP contribution < -0.4 is 5.32 Å². The van der Waals surface area contributed by atoms with Crippen LogP contribution in [0.2, 0.25) is 5.02 Å². The average Bonchev–Trinajstić information content (AvgIpc) is 3.40. The molecule has 0 fully saturated rings. The predicted octanol–water partition coefficient (Wildman–Crippen LogP) is 5.15. The van der Waals surface area contributed by atoms with E-state index < -0.39 is 0 Å². The second-order valence-electron chi connectivity index (χ2n) is 6.50. The maximum absolute atomic E-state index is 12.4. The van der Waals surface area contributed by atoms with Crippen LogP contribution in [-0.4, -0.2) is 16.0 Å². The number of furan rings is 1. The van der Waals surface area contributed by atoms with E-state index in [-0.39, 0.29) is 5.91 Å². The number of nitrogens with one attached hydrogen (secondary N) is 1. The number of carbonyl (C=O) groups is 1. The monoisotopic (exact) mass is 407 g/mol. The van der Waals surface area contributed by atoms with Gasteiger partial charge < -0.3 is 14.3 Å². The largest absolute Gasteiger partial charge is 0.461 e. The van der Waals surface area contributed by atoms with Crippen molar-refractivity contribution in [2.45, 2.75) is 19.3 Å². The number of carbonyl (C=O) groups excluding carboxylic acids is 1. The molecule has 29 heavy (non-hydrogen) atoms. The van der Waals surface area contributed by atoms with Crippen molar-refractivity contribution in [3.05, 3.63) is 89.0 Å². The molecule has 0 saturated heterocycles. The molecule has 4 rings (SSSR count). The Balaban J connectivity index is 1.41. The smallest absolute Gasteiger partial charge is 0.238 e. The summed E-state index contributed by atoms with van der Waals surface area (Å²) in [7, 11) is 0. The molecule has 146 valence electrons. The van der Waals surface area contributed by atoms with Gasteiger partial charge in [0.2, 0.25) is 17.6 Å². The van der Waals surface area contributed by atoms with Crippen LogP contribution in [0.1, 0.15) is 23.4 Å². The molecule has 0 aliphatic carbocycles. The molecular weight excluding hydrogens is 390 g/mol. The molecule has 7 heteroatoms. The van der Waals surface area contributed by atoms with E-state index in [0.717, 1.165) is 16.8 Å². The SMILES string of the molecule is O=C(CCc1cccc(Cl)c1)Nc1ccccc1Cc1nc(-c2ccco2)no1. The average molecular weight is 408 g/mol. The maximum Gasteiger partial charge on any atom is 0.238 e. The third kappa shape index (κ3) is 4.92. The summed E-state index contributed by atoms with van der Waals surface area (Å²) in [6.45, 7) is 0. The second-order valence-corrected chi connectivity index (χ2v) is 6.94. The van der Waals surface area contributed by atoms with Gasteiger partial charge in [0.15, 0.2) is 5.76 Å². The first-order chi connectivity index (χ1) is 14.2. The van der Waals surface area contributed by atoms with Gasteiger partial charge in [-0.15, -0.1) is 0 Å². The fourth-order valence-corrected chi connectivity index (χ4v) is 3.17. The third-order valence-corrected chi connectivity index (χ3v) is 4.61. The van der Waals surface area contributed by atoms with E-state index in [9.17, 15) is 4.79 Å². The first-order valence-corrected chi connectivity index (χ1v) is 9.54. The molecular formula is C22H18ClN3O3. The molecule has 0 spiro atoms. The van der Waals surface area contributed by atoms with Crippen molar-refractivity contribution in [2.24, 2.45) is 0 Å². The van der Waals surface area contributed by atoms with E-state index in [1.807, 2.05) is 48.5 Å². The zero-order valence-electron chi connectivity index (χ0n) is 15.5. The number of halogens is 1. The Morgan fingerprint density at radius 3 is 2.79 bits per heavy atom. The number of para-hydroxylation sites is 1. The van der Waals surface area contributed by atoms with Crippen LogP contribution in [-0.2, 0) is 17.6 Å². The number of aryl methyl sites for hydroxylation is 1. The highest BCUT2D eigenvalue weighted by atomic mass is 35.5. The summed E-state index contributed by atoms with van der Waals surface area (Å²) in [4.78, 5) is 16.8. The number of benzene rings is 2. The Kier molecular flexibility index (Phi) is 5.72. The van der Waals surface area contributed by atoms with Crippen LogP contribution in [0.15, 0.2) is 75.9 Å². The molecule has 1 N–H and O–H groups in total. The molecule has 0 aliphatic heterocycles. The number of nitrogens with zero attached hydrogens (tertiary/aromatic N) is 2. The van der Waals surface area contributed by atoms with E-state index in [0.29, 0.717) is 41.8 Å². The Morgan fingerprint density at radius 2 is 1.97 bits per heavy atom. The van der Waals surface area contributed by atoms with Crippen LogP contribution in [0.3, 0.4) is 0 Å². The van der Waals surface area contributed by atoms with Crippen molar-refractivity contribution in [3.63, 3.8) is 0 Å². The lowest BCUT2D eigenvalue weighted by atomic mass is 10.1. The van der Waals surface area contributed by atoms with Gasteiger partial charge in [-0.1, -0.05) is 47.1 Å². The van der Waals surface area contributed by atoms with Gasteiger partial charge in [-0.25, -0.2) is 0 Å². The van der Waals surface area contributed by atoms with Crippen LogP contribution >= 0.6 is 11.6 Å². The molecule has 1 amide bonds. The highest BCUT2D eigenvalue weighted by Gasteiger charge is 2.14. The summed E-state index contributed by atoms with van der Waals surface area (Å²) in [6, 6.07) is 18.6. The van der Waals surface area contributed by atoms with Gasteiger partial charge in [-0.3, -0.25) is 4.79 Å². The zero-order chi connectivity index (χ0) is 20.1. The first-order valence-electron chi connectivity index (χ1n) is 9.16. The van der Waals surface area contributed by atoms with Crippen LogP contribution in [0.25, 0.3) is 11.6 Å². The highest BCUT2D eigenvalue weighted by molar-refractivity contribution is 6.30. The van der Waals surface area contributed by atoms with Crippen LogP contribution in [0, 0.1) is 0 Å². The van der Waals surface area contributed by atoms with Gasteiger partial charge in [0.05, 0.1) is 12.7 Å². The lowest BCUT2D eigenvalue weighted by Crippen LogP contribution is -2.14. The fraction of sp³-hybridized carbons (Fsp3) is 0.136. The van der Waals surface area contributed by atoms with E-state index in [1.165, 1.54) is 0 Å². The number of anilines is 1. The number of hydrogen-bond donors (Lipinski definition) is 1. The van der Waals surface area contributed by atoms with Gasteiger partial charge in [-0.2, -0.15) is 4.98 Å². The van der Waals surface area contributed by atoms with Crippen LogP contribution in [0.4, 0.5) is 5.69 Å². The quantitative estimate of drug-likeness (QED) is 0.458. The number of aromatic nitrogens is 2. The molecule has 6 nitrogen and oxygen atoms in total. The molecule has 0 saturated carbocycles. The Morgan fingerprint density at radius 1 is 1.07 bits per heavy atom.